The van der Waals surface area contributed by atoms with Crippen LogP contribution in [0.2, 0.25) is 5.02 Å². The molecule has 1 saturated carbocycles. The van der Waals surface area contributed by atoms with E-state index in [1.165, 1.54) is 12.8 Å². The third-order valence-electron chi connectivity index (χ3n) is 4.01. The van der Waals surface area contributed by atoms with Gasteiger partial charge in [-0.3, -0.25) is 4.98 Å². The quantitative estimate of drug-likeness (QED) is 0.708. The fourth-order valence-corrected chi connectivity index (χ4v) is 2.81. The smallest absolute Gasteiger partial charge is 0.258 e. The molecule has 0 aliphatic heterocycles. The van der Waals surface area contributed by atoms with Gasteiger partial charge in [0, 0.05) is 35.6 Å². The number of pyridine rings is 1. The van der Waals surface area contributed by atoms with E-state index >= 15 is 0 Å². The molecule has 0 N–H and O–H groups in total. The molecule has 0 spiro atoms. The fourth-order valence-electron chi connectivity index (χ4n) is 2.64. The number of ether oxygens (including phenoxy) is 1. The van der Waals surface area contributed by atoms with Gasteiger partial charge in [-0.25, -0.2) is 0 Å². The van der Waals surface area contributed by atoms with Gasteiger partial charge in [0.1, 0.15) is 0 Å². The van der Waals surface area contributed by atoms with Crippen molar-refractivity contribution in [3.63, 3.8) is 0 Å². The van der Waals surface area contributed by atoms with Gasteiger partial charge >= 0.3 is 0 Å². The molecule has 0 radical (unpaired) electrons. The molecule has 0 saturated heterocycles. The van der Waals surface area contributed by atoms with Gasteiger partial charge in [-0.15, -0.1) is 0 Å². The number of nitrogens with zero attached hydrogens (tertiary/aromatic N) is 3. The summed E-state index contributed by atoms with van der Waals surface area (Å²) in [5.41, 5.74) is 2.90. The first-order chi connectivity index (χ1) is 11.2. The minimum absolute atomic E-state index is 0.507. The summed E-state index contributed by atoms with van der Waals surface area (Å²) >= 11 is 6.16. The molecule has 5 nitrogen and oxygen atoms in total. The predicted octanol–water partition coefficient (Wildman–Crippen LogP) is 4.00. The van der Waals surface area contributed by atoms with E-state index in [1.807, 2.05) is 18.2 Å². The largest absolute Gasteiger partial charge is 0.384 e. The van der Waals surface area contributed by atoms with Crippen LogP contribution in [0.3, 0.4) is 0 Å². The molecular weight excluding hydrogens is 314 g/mol. The first kappa shape index (κ1) is 14.6. The molecule has 1 aliphatic carbocycles. The molecule has 3 aromatic rings. The van der Waals surface area contributed by atoms with E-state index in [0.29, 0.717) is 35.7 Å². The maximum atomic E-state index is 6.16. The van der Waals surface area contributed by atoms with Crippen molar-refractivity contribution in [2.24, 2.45) is 0 Å². The van der Waals surface area contributed by atoms with Gasteiger partial charge < -0.3 is 9.26 Å². The van der Waals surface area contributed by atoms with E-state index < -0.39 is 0 Å². The molecule has 1 fully saturated rings. The van der Waals surface area contributed by atoms with E-state index in [-0.39, 0.29) is 0 Å². The highest BCUT2D eigenvalue weighted by molar-refractivity contribution is 6.31. The van der Waals surface area contributed by atoms with E-state index in [2.05, 4.69) is 16.2 Å². The molecule has 118 valence electrons. The molecule has 0 amide bonds. The number of methoxy groups -OCH3 is 1. The van der Waals surface area contributed by atoms with Crippen LogP contribution in [0.1, 0.15) is 30.3 Å². The first-order valence-corrected chi connectivity index (χ1v) is 8.04. The second-order valence-electron chi connectivity index (χ2n) is 5.79. The van der Waals surface area contributed by atoms with Crippen molar-refractivity contribution in [1.29, 1.82) is 0 Å². The SMILES string of the molecule is COCCc1noc(-c2cc(C3CC3)nc3ccc(Cl)cc23)n1. The lowest BCUT2D eigenvalue weighted by molar-refractivity contribution is 0.199. The summed E-state index contributed by atoms with van der Waals surface area (Å²) in [5, 5.41) is 5.63. The zero-order valence-electron chi connectivity index (χ0n) is 12.8. The number of hydrogen-bond donors (Lipinski definition) is 0. The Morgan fingerprint density at radius 3 is 2.91 bits per heavy atom. The van der Waals surface area contributed by atoms with Crippen molar-refractivity contribution in [3.8, 4) is 11.5 Å². The zero-order valence-corrected chi connectivity index (χ0v) is 13.5. The highest BCUT2D eigenvalue weighted by Crippen LogP contribution is 2.41. The summed E-state index contributed by atoms with van der Waals surface area (Å²) in [7, 11) is 1.65. The summed E-state index contributed by atoms with van der Waals surface area (Å²) in [6.45, 7) is 0.565. The normalized spacial score (nSPS) is 14.5. The van der Waals surface area contributed by atoms with Crippen molar-refractivity contribution < 1.29 is 9.26 Å². The van der Waals surface area contributed by atoms with Crippen molar-refractivity contribution >= 4 is 22.5 Å². The molecule has 6 heteroatoms. The van der Waals surface area contributed by atoms with E-state index in [0.717, 1.165) is 22.2 Å². The van der Waals surface area contributed by atoms with E-state index in [9.17, 15) is 0 Å². The molecular formula is C17H16ClN3O2. The van der Waals surface area contributed by atoms with Gasteiger partial charge in [0.2, 0.25) is 0 Å². The summed E-state index contributed by atoms with van der Waals surface area (Å²) < 4.78 is 10.5. The number of rotatable bonds is 5. The summed E-state index contributed by atoms with van der Waals surface area (Å²) in [4.78, 5) is 9.24. The summed E-state index contributed by atoms with van der Waals surface area (Å²) in [6.07, 6.45) is 3.00. The lowest BCUT2D eigenvalue weighted by atomic mass is 10.1. The molecule has 1 aromatic carbocycles. The monoisotopic (exact) mass is 329 g/mol. The van der Waals surface area contributed by atoms with Crippen LogP contribution in [0.25, 0.3) is 22.4 Å². The lowest BCUT2D eigenvalue weighted by Gasteiger charge is -2.06. The predicted molar refractivity (Wildman–Crippen MR) is 87.6 cm³/mol. The average Bonchev–Trinajstić information content (AvgIpc) is 3.31. The Hall–Kier alpha value is -1.98. The van der Waals surface area contributed by atoms with Crippen molar-refractivity contribution in [2.75, 3.05) is 13.7 Å². The van der Waals surface area contributed by atoms with Gasteiger partial charge in [-0.1, -0.05) is 16.8 Å². The van der Waals surface area contributed by atoms with Gasteiger partial charge in [0.15, 0.2) is 5.82 Å². The highest BCUT2D eigenvalue weighted by atomic mass is 35.5. The molecule has 4 rings (SSSR count). The van der Waals surface area contributed by atoms with Crippen LogP contribution in [-0.4, -0.2) is 28.8 Å². The highest BCUT2D eigenvalue weighted by Gasteiger charge is 2.27. The number of halogens is 1. The Bertz CT molecular complexity index is 858. The molecule has 23 heavy (non-hydrogen) atoms. The minimum Gasteiger partial charge on any atom is -0.384 e. The molecule has 1 aliphatic rings. The van der Waals surface area contributed by atoms with Gasteiger partial charge in [-0.05, 0) is 37.1 Å². The van der Waals surface area contributed by atoms with Crippen LogP contribution in [0.4, 0.5) is 0 Å². The van der Waals surface area contributed by atoms with Gasteiger partial charge in [-0.2, -0.15) is 4.98 Å². The van der Waals surface area contributed by atoms with Gasteiger partial charge in [0.05, 0.1) is 17.7 Å². The standard InChI is InChI=1S/C17H16ClN3O2/c1-22-7-6-16-20-17(23-21-16)13-9-15(10-2-3-10)19-14-5-4-11(18)8-12(13)14/h4-5,8-10H,2-3,6-7H2,1H3. The second-order valence-corrected chi connectivity index (χ2v) is 6.23. The maximum absolute atomic E-state index is 6.16. The average molecular weight is 330 g/mol. The number of benzene rings is 1. The number of hydrogen-bond acceptors (Lipinski definition) is 5. The van der Waals surface area contributed by atoms with Crippen LogP contribution < -0.4 is 0 Å². The Morgan fingerprint density at radius 1 is 1.26 bits per heavy atom. The molecule has 0 bridgehead atoms. The van der Waals surface area contributed by atoms with Crippen molar-refractivity contribution in [2.45, 2.75) is 25.2 Å². The Labute approximate surface area is 138 Å². The van der Waals surface area contributed by atoms with Crippen LogP contribution >= 0.6 is 11.6 Å². The fraction of sp³-hybridized carbons (Fsp3) is 0.353. The van der Waals surface area contributed by atoms with Crippen LogP contribution in [0, 0.1) is 0 Å². The van der Waals surface area contributed by atoms with E-state index in [4.69, 9.17) is 25.8 Å². The Morgan fingerprint density at radius 2 is 2.13 bits per heavy atom. The third kappa shape index (κ3) is 2.94. The Kier molecular flexibility index (Phi) is 3.75. The molecule has 2 aromatic heterocycles. The Balaban J connectivity index is 1.83. The lowest BCUT2D eigenvalue weighted by Crippen LogP contribution is -1.96. The first-order valence-electron chi connectivity index (χ1n) is 7.66. The topological polar surface area (TPSA) is 61.0 Å². The summed E-state index contributed by atoms with van der Waals surface area (Å²) in [5.74, 6) is 1.69. The van der Waals surface area contributed by atoms with Crippen molar-refractivity contribution in [1.82, 2.24) is 15.1 Å². The van der Waals surface area contributed by atoms with E-state index in [1.54, 1.807) is 7.11 Å². The second kappa shape index (κ2) is 5.91. The number of aromatic nitrogens is 3. The maximum Gasteiger partial charge on any atom is 0.258 e. The summed E-state index contributed by atoms with van der Waals surface area (Å²) in [6, 6.07) is 7.75. The van der Waals surface area contributed by atoms with Gasteiger partial charge in [0.25, 0.3) is 5.89 Å². The number of fused-ring (bicyclic) bond motifs is 1. The van der Waals surface area contributed by atoms with Crippen LogP contribution in [-0.2, 0) is 11.2 Å². The zero-order chi connectivity index (χ0) is 15.8. The molecule has 0 atom stereocenters. The van der Waals surface area contributed by atoms with Crippen LogP contribution in [0.5, 0.6) is 0 Å². The van der Waals surface area contributed by atoms with Crippen molar-refractivity contribution in [3.05, 3.63) is 40.8 Å². The molecule has 0 unspecified atom stereocenters. The molecule has 2 heterocycles. The third-order valence-corrected chi connectivity index (χ3v) is 4.25. The van der Waals surface area contributed by atoms with Crippen LogP contribution in [0.15, 0.2) is 28.8 Å². The minimum atomic E-state index is 0.507.